The summed E-state index contributed by atoms with van der Waals surface area (Å²) >= 11 is 0. The van der Waals surface area contributed by atoms with E-state index >= 15 is 0 Å². The van der Waals surface area contributed by atoms with Crippen LogP contribution in [0, 0.1) is 47.4 Å². The molecule has 16 heterocycles. The number of ketones is 4. The number of hydrogen-bond donors (Lipinski definition) is 8. The number of Topliss-reactive ketones (excluding diaryl/α,β-unsaturated/α-hetero) is 4. The molecule has 4 aliphatic rings. The highest BCUT2D eigenvalue weighted by Crippen LogP contribution is 2.27. The van der Waals surface area contributed by atoms with E-state index in [1.54, 1.807) is 101 Å². The van der Waals surface area contributed by atoms with Crippen LogP contribution in [0.25, 0.3) is 44.1 Å². The number of nitrogens with zero attached hydrogens (tertiary/aromatic N) is 24. The number of nitrogens with one attached hydrogen (secondary N) is 4. The van der Waals surface area contributed by atoms with Crippen LogP contribution >= 0.6 is 0 Å². The zero-order valence-electron chi connectivity index (χ0n) is 77.8. The SMILES string of the molecule is C.C.C.CC#CCn1c(N2CCNCC2)nc2cnn(CC(=O)c3ccccn3)c(=O)c21.CC#CCn1c(N2CCNCC2)nc2cnn(CC(=O)c3cccnc3)c(=O)c21.CC#CCn1c(N2CCNCC2)nc2cnn(CC(=O)c3ccnc(OC)c3)c(=O)c21.CC#CCn1c(N2CCNCC2)nc2cnn(CC(=O)c3ccncc3)c(=O)c21.O=C(O)C(F)(F)F.O=C(O)C(F)(F)F.O=C(O)C(F)(F)F.O=C(O)C(F)(F)F. The van der Waals surface area contributed by atoms with Crippen molar-refractivity contribution in [3.05, 3.63) is 180 Å². The lowest BCUT2D eigenvalue weighted by atomic mass is 10.2. The van der Waals surface area contributed by atoms with Gasteiger partial charge in [0.25, 0.3) is 22.2 Å². The van der Waals surface area contributed by atoms with Crippen LogP contribution in [0.2, 0.25) is 0 Å². The van der Waals surface area contributed by atoms with Gasteiger partial charge in [-0.15, -0.1) is 23.7 Å². The predicted molar refractivity (Wildman–Crippen MR) is 517 cm³/mol. The van der Waals surface area contributed by atoms with Crippen LogP contribution in [0.3, 0.4) is 0 Å². The molecule has 4 fully saturated rings. The largest absolute Gasteiger partial charge is 0.490 e. The van der Waals surface area contributed by atoms with Crippen LogP contribution < -0.4 is 67.8 Å². The van der Waals surface area contributed by atoms with Crippen molar-refractivity contribution in [1.29, 1.82) is 0 Å². The van der Waals surface area contributed by atoms with Crippen molar-refractivity contribution < 1.29 is 116 Å². The molecule has 4 saturated heterocycles. The first-order valence-corrected chi connectivity index (χ1v) is 43.3. The van der Waals surface area contributed by atoms with Gasteiger partial charge in [-0.2, -0.15) is 73.1 Å². The molecule has 4 aliphatic heterocycles. The number of carboxylic acid groups (broad SMARTS) is 4. The molecule has 0 radical (unpaired) electrons. The van der Waals surface area contributed by atoms with Gasteiger partial charge in [-0.1, -0.05) is 52.0 Å². The summed E-state index contributed by atoms with van der Waals surface area (Å²) in [6.45, 7) is 20.9. The van der Waals surface area contributed by atoms with E-state index in [1.165, 1.54) is 64.4 Å². The van der Waals surface area contributed by atoms with E-state index in [0.717, 1.165) is 109 Å². The van der Waals surface area contributed by atoms with Crippen molar-refractivity contribution in [2.75, 3.05) is 131 Å². The van der Waals surface area contributed by atoms with Crippen LogP contribution in [0.1, 0.15) is 91.5 Å². The molecule has 45 nitrogen and oxygen atoms in total. The van der Waals surface area contributed by atoms with Crippen molar-refractivity contribution in [2.24, 2.45) is 0 Å². The van der Waals surface area contributed by atoms with Gasteiger partial charge < -0.3 is 66.0 Å². The smallest absolute Gasteiger partial charge is 0.481 e. The van der Waals surface area contributed by atoms with Crippen LogP contribution in [0.5, 0.6) is 5.88 Å². The number of carboxylic acids is 4. The molecular formula is C92H102F12N28O17. The summed E-state index contributed by atoms with van der Waals surface area (Å²) in [6, 6.07) is 14.8. The van der Waals surface area contributed by atoms with E-state index in [0.29, 0.717) is 122 Å². The average molecular weight is 2100 g/mol. The molecule has 796 valence electrons. The topological polar surface area (TPSA) is 550 Å². The summed E-state index contributed by atoms with van der Waals surface area (Å²) in [5.74, 6) is 14.7. The molecule has 0 aliphatic carbocycles. The Morgan fingerprint density at radius 1 is 0.349 bits per heavy atom. The van der Waals surface area contributed by atoms with Crippen molar-refractivity contribution in [3.63, 3.8) is 0 Å². The van der Waals surface area contributed by atoms with Crippen molar-refractivity contribution in [3.8, 4) is 53.2 Å². The molecule has 12 aromatic heterocycles. The van der Waals surface area contributed by atoms with Gasteiger partial charge in [0.1, 0.15) is 76.0 Å². The van der Waals surface area contributed by atoms with Gasteiger partial charge in [0.05, 0.1) is 58.1 Å². The Balaban J connectivity index is 0.000000277. The second kappa shape index (κ2) is 56.3. The van der Waals surface area contributed by atoms with Crippen LogP contribution in [0.15, 0.2) is 136 Å². The number of halogens is 12. The fourth-order valence-electron chi connectivity index (χ4n) is 13.6. The van der Waals surface area contributed by atoms with Crippen molar-refractivity contribution >= 4 is 115 Å². The Labute approximate surface area is 838 Å². The number of hydrogen-bond acceptors (Lipinski definition) is 33. The number of piperazine rings is 4. The summed E-state index contributed by atoms with van der Waals surface area (Å²) in [6.07, 6.45) is -4.99. The summed E-state index contributed by atoms with van der Waals surface area (Å²) in [5.41, 5.74) is 3.81. The number of carbonyl (C=O) groups excluding carboxylic acids is 4. The maximum absolute atomic E-state index is 13.3. The van der Waals surface area contributed by atoms with E-state index in [4.69, 9.17) is 44.3 Å². The third-order valence-electron chi connectivity index (χ3n) is 20.5. The number of fused-ring (bicyclic) bond motifs is 4. The molecule has 0 atom stereocenters. The van der Waals surface area contributed by atoms with Crippen LogP contribution in [-0.4, -0.2) is 301 Å². The standard InChI is InChI=1S/C21H23N7O3.3C20H21N7O2.4C2HF3O2.3CH4/c1-3-4-9-27-19-16(25-21(27)26-10-7-22-8-11-26)13-24-28(20(19)30)14-17(29)15-5-6-23-18(12-15)31-2;1-2-3-10-26-18-16(24-20(26)25-11-8-22-9-12-25)13-23-27(19(18)29)14-17(28)15-4-6-21-7-5-15;1-2-3-9-26-18-16(24-20(26)25-10-7-21-8-11-25)13-23-27(19(18)29)14-17(28)15-5-4-6-22-12-15;1-2-3-10-26-18-16(24-20(26)25-11-8-21-9-12-25)13-23-27(19(18)29)14-17(28)15-6-4-5-7-22-15;4*3-2(4,5)1(6)7;;;/h5-6,12-13,22H,7-11,14H2,1-2H3;4-7,13,22H,8-12,14H2,1H3;4-6,12-13,21H,7-11,14H2,1H3;4-7,13,21H,8-12,14H2,1H3;4*(H,6,7);3*1H4. The molecule has 0 amide bonds. The van der Waals surface area contributed by atoms with Gasteiger partial charge in [0, 0.05) is 165 Å². The first kappa shape index (κ1) is 120. The number of methoxy groups -OCH3 is 1. The molecule has 0 unspecified atom stereocenters. The number of pyridine rings is 4. The van der Waals surface area contributed by atoms with Gasteiger partial charge in [-0.3, -0.25) is 71.6 Å². The Bertz CT molecular complexity index is 6640. The van der Waals surface area contributed by atoms with Crippen molar-refractivity contribution in [2.45, 2.75) is 127 Å². The maximum Gasteiger partial charge on any atom is 0.490 e. The number of alkyl halides is 12. The second-order valence-corrected chi connectivity index (χ2v) is 30.2. The van der Waals surface area contributed by atoms with Crippen LogP contribution in [-0.2, 0) is 71.5 Å². The lowest BCUT2D eigenvalue weighted by molar-refractivity contribution is -0.193. The monoisotopic (exact) mass is 2100 g/mol. The zero-order valence-corrected chi connectivity index (χ0v) is 77.8. The molecule has 16 rings (SSSR count). The van der Waals surface area contributed by atoms with Gasteiger partial charge in [0.15, 0.2) is 17.3 Å². The van der Waals surface area contributed by atoms with Gasteiger partial charge in [0.2, 0.25) is 35.5 Å². The quantitative estimate of drug-likeness (QED) is 0.0244. The molecule has 149 heavy (non-hydrogen) atoms. The molecule has 0 saturated carbocycles. The lowest BCUT2D eigenvalue weighted by Gasteiger charge is -2.28. The minimum Gasteiger partial charge on any atom is -0.481 e. The average Bonchev–Trinajstić information content (AvgIpc) is 1.63. The second-order valence-electron chi connectivity index (χ2n) is 30.2. The summed E-state index contributed by atoms with van der Waals surface area (Å²) in [5, 5.41) is 58.4. The van der Waals surface area contributed by atoms with Crippen molar-refractivity contribution in [1.82, 2.24) is 119 Å². The minimum atomic E-state index is -5.08. The Morgan fingerprint density at radius 3 is 0.893 bits per heavy atom. The molecule has 57 heteroatoms. The molecular weight excluding hydrogens is 2000 g/mol. The zero-order chi connectivity index (χ0) is 107. The van der Waals surface area contributed by atoms with E-state index in [2.05, 4.69) is 148 Å². The first-order valence-electron chi connectivity index (χ1n) is 43.3. The van der Waals surface area contributed by atoms with E-state index in [1.807, 2.05) is 18.3 Å². The van der Waals surface area contributed by atoms with Crippen LogP contribution in [0.4, 0.5) is 76.5 Å². The first-order chi connectivity index (χ1) is 69.4. The van der Waals surface area contributed by atoms with E-state index < -0.39 is 48.6 Å². The summed E-state index contributed by atoms with van der Waals surface area (Å²) in [4.78, 5) is 182. The van der Waals surface area contributed by atoms with Gasteiger partial charge >= 0.3 is 48.6 Å². The number of aromatic nitrogens is 20. The number of ether oxygens (including phenoxy) is 1. The summed E-state index contributed by atoms with van der Waals surface area (Å²) < 4.78 is 144. The Hall–Kier alpha value is -17.2. The highest BCUT2D eigenvalue weighted by molar-refractivity contribution is 5.98. The third kappa shape index (κ3) is 33.4. The number of carbonyl (C=O) groups is 8. The number of rotatable bonds is 21. The van der Waals surface area contributed by atoms with Gasteiger partial charge in [-0.25, -0.2) is 62.8 Å². The lowest BCUT2D eigenvalue weighted by Crippen LogP contribution is -2.44. The van der Waals surface area contributed by atoms with E-state index in [9.17, 15) is 91.0 Å². The maximum atomic E-state index is 13.3. The molecule has 0 spiro atoms. The molecule has 8 N–H and O–H groups in total. The molecule has 12 aromatic rings. The minimum absolute atomic E-state index is 0. The normalized spacial score (nSPS) is 13.1. The molecule has 0 bridgehead atoms. The highest BCUT2D eigenvalue weighted by Gasteiger charge is 2.41. The summed E-state index contributed by atoms with van der Waals surface area (Å²) in [7, 11) is 1.48. The number of anilines is 4. The highest BCUT2D eigenvalue weighted by atomic mass is 19.4. The molecule has 0 aromatic carbocycles. The Kier molecular flexibility index (Phi) is 45.5. The fraction of sp³-hybridized carbons (Fsp3) is 0.391. The number of aliphatic carboxylic acids is 4. The fourth-order valence-corrected chi connectivity index (χ4v) is 13.6. The third-order valence-corrected chi connectivity index (χ3v) is 20.5. The Morgan fingerprint density at radius 2 is 0.631 bits per heavy atom. The predicted octanol–water partition coefficient (Wildman–Crippen LogP) is 5.67. The van der Waals surface area contributed by atoms with Gasteiger partial charge in [-0.05, 0) is 70.2 Å². The number of imidazole rings is 4. The van der Waals surface area contributed by atoms with E-state index in [-0.39, 0.29) is 93.8 Å².